The van der Waals surface area contributed by atoms with Crippen LogP contribution < -0.4 is 26.0 Å². The number of hydrogen-bond acceptors (Lipinski definition) is 8. The molecule has 0 saturated heterocycles. The number of ether oxygens (including phenoxy) is 1. The number of nitrogens with one attached hydrogen (secondary N) is 4. The molecule has 65 heavy (non-hydrogen) atoms. The number of hydrogen-bond donors (Lipinski definition) is 7. The quantitative estimate of drug-likeness (QED) is 0.0285. The fraction of sp³-hybridized carbons (Fsp3) is 0.333. The molecule has 5 aromatic rings. The molecule has 0 bridgehead atoms. The summed E-state index contributed by atoms with van der Waals surface area (Å²) in [7, 11) is 0. The summed E-state index contributed by atoms with van der Waals surface area (Å²) in [6, 6.07) is 23.0. The Morgan fingerprint density at radius 2 is 0.954 bits per heavy atom. The monoisotopic (exact) mass is 892 g/mol. The lowest BCUT2D eigenvalue weighted by molar-refractivity contribution is -0.131. The van der Waals surface area contributed by atoms with Crippen LogP contribution >= 0.6 is 0 Å². The van der Waals surface area contributed by atoms with Gasteiger partial charge in [0.2, 0.25) is 17.7 Å². The molecule has 0 heterocycles. The van der Waals surface area contributed by atoms with Crippen LogP contribution in [0.1, 0.15) is 91.8 Å². The fourth-order valence-corrected chi connectivity index (χ4v) is 7.13. The van der Waals surface area contributed by atoms with E-state index in [0.717, 1.165) is 31.4 Å². The molecule has 0 aromatic heterocycles. The summed E-state index contributed by atoms with van der Waals surface area (Å²) in [5, 5.41) is 40.3. The van der Waals surface area contributed by atoms with Crippen LogP contribution in [0, 0.1) is 11.6 Å². The molecule has 0 aliphatic heterocycles. The van der Waals surface area contributed by atoms with E-state index in [0.29, 0.717) is 35.1 Å². The van der Waals surface area contributed by atoms with E-state index in [4.69, 9.17) is 4.74 Å². The smallest absolute Gasteiger partial charge is 0.251 e. The molecule has 3 atom stereocenters. The number of carbonyl (C=O) groups excluding carboxylic acids is 4. The molecule has 4 amide bonds. The predicted molar refractivity (Wildman–Crippen MR) is 245 cm³/mol. The number of benzene rings is 5. The van der Waals surface area contributed by atoms with Crippen LogP contribution in [-0.2, 0) is 33.6 Å². The Balaban J connectivity index is 1.32. The molecule has 0 saturated carbocycles. The summed E-state index contributed by atoms with van der Waals surface area (Å²) < 4.78 is 34.3. The van der Waals surface area contributed by atoms with E-state index in [1.165, 1.54) is 87.1 Å². The van der Waals surface area contributed by atoms with Crippen LogP contribution in [0.5, 0.6) is 23.0 Å². The molecule has 5 rings (SSSR count). The average Bonchev–Trinajstić information content (AvgIpc) is 3.29. The van der Waals surface area contributed by atoms with Gasteiger partial charge < -0.3 is 41.3 Å². The maximum atomic E-state index is 14.7. The Bertz CT molecular complexity index is 2290. The van der Waals surface area contributed by atoms with Crippen molar-refractivity contribution < 1.29 is 48.0 Å². The normalized spacial score (nSPS) is 12.4. The molecule has 7 N–H and O–H groups in total. The van der Waals surface area contributed by atoms with E-state index in [1.54, 1.807) is 48.5 Å². The van der Waals surface area contributed by atoms with Crippen LogP contribution in [0.3, 0.4) is 0 Å². The van der Waals surface area contributed by atoms with Gasteiger partial charge in [-0.3, -0.25) is 19.2 Å². The molecule has 12 nitrogen and oxygen atoms in total. The van der Waals surface area contributed by atoms with Crippen molar-refractivity contribution in [1.82, 2.24) is 16.0 Å². The molecule has 0 radical (unpaired) electrons. The molecule has 0 fully saturated rings. The minimum absolute atomic E-state index is 0.00223. The van der Waals surface area contributed by atoms with Crippen molar-refractivity contribution in [2.45, 2.75) is 102 Å². The first-order chi connectivity index (χ1) is 31.4. The Kier molecular flexibility index (Phi) is 19.1. The van der Waals surface area contributed by atoms with E-state index in [-0.39, 0.29) is 47.8 Å². The second-order valence-electron chi connectivity index (χ2n) is 16.1. The molecule has 14 heteroatoms. The van der Waals surface area contributed by atoms with Gasteiger partial charge in [-0.15, -0.1) is 0 Å². The number of phenols is 3. The minimum atomic E-state index is -1.37. The standard InChI is InChI=1S/C51H58F2N4O8/c1-2-3-4-5-6-7-8-9-10-29-65-42-26-17-37(18-27-42)48(61)55-45(30-34-11-20-39(58)21-12-34)50(63)57-47(32-36-15-24-41(60)25-16-36)51(64)56-46(31-35-13-22-40(59)23-14-35)49(62)54-44-28-19-38(52)33-43(44)53/h11-28,33,45-47,58-60H,2-10,29-32H2,1H3,(H,54,62)(H,55,61)(H,56,64)(H,57,63)/t45-,46-,47-/m0/s1. The van der Waals surface area contributed by atoms with E-state index in [1.807, 2.05) is 0 Å². The Hall–Kier alpha value is -6.96. The Labute approximate surface area is 378 Å². The third-order valence-corrected chi connectivity index (χ3v) is 10.8. The van der Waals surface area contributed by atoms with Crippen molar-refractivity contribution in [3.63, 3.8) is 0 Å². The van der Waals surface area contributed by atoms with Gasteiger partial charge >= 0.3 is 0 Å². The van der Waals surface area contributed by atoms with E-state index in [2.05, 4.69) is 28.2 Å². The van der Waals surface area contributed by atoms with E-state index < -0.39 is 53.4 Å². The maximum Gasteiger partial charge on any atom is 0.251 e. The summed E-state index contributed by atoms with van der Waals surface area (Å²) in [6.07, 6.45) is 10.4. The van der Waals surface area contributed by atoms with Crippen molar-refractivity contribution in [2.75, 3.05) is 11.9 Å². The second kappa shape index (κ2) is 25.4. The highest BCUT2D eigenvalue weighted by molar-refractivity contribution is 6.00. The summed E-state index contributed by atoms with van der Waals surface area (Å²) in [6.45, 7) is 2.76. The van der Waals surface area contributed by atoms with Crippen molar-refractivity contribution in [3.8, 4) is 23.0 Å². The number of halogens is 2. The van der Waals surface area contributed by atoms with Gasteiger partial charge in [0.15, 0.2) is 0 Å². The van der Waals surface area contributed by atoms with E-state index in [9.17, 15) is 43.3 Å². The van der Waals surface area contributed by atoms with Crippen LogP contribution in [0.4, 0.5) is 14.5 Å². The van der Waals surface area contributed by atoms with Crippen molar-refractivity contribution in [2.24, 2.45) is 0 Å². The first kappa shape index (κ1) is 49.1. The van der Waals surface area contributed by atoms with Gasteiger partial charge in [-0.05, 0) is 95.9 Å². The fourth-order valence-electron chi connectivity index (χ4n) is 7.13. The van der Waals surface area contributed by atoms with Gasteiger partial charge in [0, 0.05) is 30.9 Å². The molecule has 0 spiro atoms. The SMILES string of the molecule is CCCCCCCCCCCOc1ccc(C(=O)N[C@@H](Cc2ccc(O)cc2)C(=O)N[C@@H](Cc2ccc(O)cc2)C(=O)N[C@@H](Cc2ccc(O)cc2)C(=O)Nc2ccc(F)cc2F)cc1. The van der Waals surface area contributed by atoms with Gasteiger partial charge in [0.1, 0.15) is 52.8 Å². The molecule has 0 aliphatic carbocycles. The zero-order valence-corrected chi connectivity index (χ0v) is 36.5. The van der Waals surface area contributed by atoms with E-state index >= 15 is 0 Å². The van der Waals surface area contributed by atoms with Crippen molar-refractivity contribution in [3.05, 3.63) is 149 Å². The van der Waals surface area contributed by atoms with Crippen LogP contribution in [0.2, 0.25) is 0 Å². The second-order valence-corrected chi connectivity index (χ2v) is 16.1. The molecular formula is C51H58F2N4O8. The lowest BCUT2D eigenvalue weighted by Crippen LogP contribution is -2.57. The molecular weight excluding hydrogens is 835 g/mol. The first-order valence-corrected chi connectivity index (χ1v) is 22.1. The zero-order valence-electron chi connectivity index (χ0n) is 36.5. The minimum Gasteiger partial charge on any atom is -0.508 e. The third-order valence-electron chi connectivity index (χ3n) is 10.8. The zero-order chi connectivity index (χ0) is 46.6. The molecule has 0 unspecified atom stereocenters. The third kappa shape index (κ3) is 16.6. The predicted octanol–water partition coefficient (Wildman–Crippen LogP) is 8.43. The van der Waals surface area contributed by atoms with Gasteiger partial charge in [-0.2, -0.15) is 0 Å². The van der Waals surface area contributed by atoms with Gasteiger partial charge in [-0.25, -0.2) is 8.78 Å². The first-order valence-electron chi connectivity index (χ1n) is 22.1. The van der Waals surface area contributed by atoms with Gasteiger partial charge in [-0.1, -0.05) is 94.7 Å². The average molecular weight is 893 g/mol. The highest BCUT2D eigenvalue weighted by Crippen LogP contribution is 2.20. The number of rotatable bonds is 25. The lowest BCUT2D eigenvalue weighted by Gasteiger charge is -2.26. The number of amides is 4. The molecule has 0 aliphatic rings. The molecule has 5 aromatic carbocycles. The number of carbonyl (C=O) groups is 4. The number of unbranched alkanes of at least 4 members (excludes halogenated alkanes) is 8. The number of aromatic hydroxyl groups is 3. The van der Waals surface area contributed by atoms with Gasteiger partial charge in [0.25, 0.3) is 5.91 Å². The Morgan fingerprint density at radius 1 is 0.523 bits per heavy atom. The highest BCUT2D eigenvalue weighted by atomic mass is 19.1. The van der Waals surface area contributed by atoms with Gasteiger partial charge in [0.05, 0.1) is 12.3 Å². The summed E-state index contributed by atoms with van der Waals surface area (Å²) >= 11 is 0. The van der Waals surface area contributed by atoms with Crippen LogP contribution in [0.25, 0.3) is 0 Å². The number of phenolic OH excluding ortho intramolecular Hbond substituents is 3. The summed E-state index contributed by atoms with van der Waals surface area (Å²) in [4.78, 5) is 56.1. The van der Waals surface area contributed by atoms with Crippen LogP contribution in [-0.4, -0.2) is 63.7 Å². The van der Waals surface area contributed by atoms with Crippen molar-refractivity contribution in [1.29, 1.82) is 0 Å². The van der Waals surface area contributed by atoms with Crippen molar-refractivity contribution >= 4 is 29.3 Å². The largest absolute Gasteiger partial charge is 0.508 e. The lowest BCUT2D eigenvalue weighted by atomic mass is 10.0. The highest BCUT2D eigenvalue weighted by Gasteiger charge is 2.31. The summed E-state index contributed by atoms with van der Waals surface area (Å²) in [5.41, 5.74) is 1.54. The number of anilines is 1. The van der Waals surface area contributed by atoms with Crippen LogP contribution in [0.15, 0.2) is 115 Å². The summed E-state index contributed by atoms with van der Waals surface area (Å²) in [5.74, 6) is -4.38. The maximum absolute atomic E-state index is 14.7. The Morgan fingerprint density at radius 3 is 1.42 bits per heavy atom. The topological polar surface area (TPSA) is 186 Å². The molecule has 344 valence electrons.